The molecule has 4 nitrogen and oxygen atoms in total. The van der Waals surface area contributed by atoms with E-state index in [4.69, 9.17) is 15.1 Å². The number of benzene rings is 1. The zero-order valence-electron chi connectivity index (χ0n) is 8.47. The first-order valence-corrected chi connectivity index (χ1v) is 4.60. The summed E-state index contributed by atoms with van der Waals surface area (Å²) in [6, 6.07) is 6.87. The average Bonchev–Trinajstić information content (AvgIpc) is 2.25. The van der Waals surface area contributed by atoms with E-state index in [0.717, 1.165) is 0 Å². The summed E-state index contributed by atoms with van der Waals surface area (Å²) in [7, 11) is 1.46. The number of aliphatic hydroxyl groups is 1. The molecule has 0 radical (unpaired) electrons. The highest BCUT2D eigenvalue weighted by molar-refractivity contribution is 5.43. The topological polar surface area (TPSA) is 73.5 Å². The maximum Gasteiger partial charge on any atom is 0.160 e. The number of nitriles is 1. The molecule has 0 heterocycles. The molecular weight excluding hydrogens is 194 g/mol. The number of aromatic hydroxyl groups is 1. The molecule has 0 spiro atoms. The molecular formula is C11H13NO3. The van der Waals surface area contributed by atoms with Crippen molar-refractivity contribution in [2.24, 2.45) is 0 Å². The molecule has 2 N–H and O–H groups in total. The minimum absolute atomic E-state index is 0.00758. The van der Waals surface area contributed by atoms with Crippen LogP contribution in [-0.4, -0.2) is 23.9 Å². The summed E-state index contributed by atoms with van der Waals surface area (Å²) in [5, 5.41) is 27.1. The van der Waals surface area contributed by atoms with Gasteiger partial charge in [0, 0.05) is 6.61 Å². The van der Waals surface area contributed by atoms with Crippen molar-refractivity contribution in [3.63, 3.8) is 0 Å². The van der Waals surface area contributed by atoms with Crippen molar-refractivity contribution >= 4 is 0 Å². The van der Waals surface area contributed by atoms with Crippen molar-refractivity contribution in [3.8, 4) is 17.6 Å². The van der Waals surface area contributed by atoms with Gasteiger partial charge in [-0.25, -0.2) is 0 Å². The van der Waals surface area contributed by atoms with Crippen LogP contribution in [0.4, 0.5) is 0 Å². The Kier molecular flexibility index (Phi) is 3.95. The standard InChI is InChI=1S/C11H13NO3/c1-15-11-3-2-8(6-10(11)14)9(7-12)4-5-13/h2-3,6,9,13-14H,4-5H2,1H3. The minimum Gasteiger partial charge on any atom is -0.504 e. The third kappa shape index (κ3) is 2.61. The van der Waals surface area contributed by atoms with Crippen LogP contribution in [0.5, 0.6) is 11.5 Å². The molecule has 1 atom stereocenters. The van der Waals surface area contributed by atoms with E-state index in [-0.39, 0.29) is 12.4 Å². The summed E-state index contributed by atoms with van der Waals surface area (Å²) in [6.45, 7) is -0.0506. The lowest BCUT2D eigenvalue weighted by Gasteiger charge is -2.09. The maximum absolute atomic E-state index is 9.51. The molecule has 0 aromatic heterocycles. The first-order chi connectivity index (χ1) is 7.22. The number of aliphatic hydroxyl groups excluding tert-OH is 1. The molecule has 1 rings (SSSR count). The molecule has 0 saturated heterocycles. The van der Waals surface area contributed by atoms with Crippen LogP contribution in [0.25, 0.3) is 0 Å². The first-order valence-electron chi connectivity index (χ1n) is 4.60. The molecule has 0 aliphatic heterocycles. The third-order valence-electron chi connectivity index (χ3n) is 2.18. The van der Waals surface area contributed by atoms with Crippen LogP contribution in [0.3, 0.4) is 0 Å². The van der Waals surface area contributed by atoms with Crippen molar-refractivity contribution in [3.05, 3.63) is 23.8 Å². The van der Waals surface area contributed by atoms with Crippen molar-refractivity contribution in [2.45, 2.75) is 12.3 Å². The lowest BCUT2D eigenvalue weighted by Crippen LogP contribution is -1.99. The average molecular weight is 207 g/mol. The number of phenolic OH excluding ortho intramolecular Hbond substituents is 1. The highest BCUT2D eigenvalue weighted by atomic mass is 16.5. The summed E-state index contributed by atoms with van der Waals surface area (Å²) < 4.78 is 4.89. The fraction of sp³-hybridized carbons (Fsp3) is 0.364. The van der Waals surface area contributed by atoms with E-state index in [1.807, 2.05) is 0 Å². The monoisotopic (exact) mass is 207 g/mol. The summed E-state index contributed by atoms with van der Waals surface area (Å²) in [5.41, 5.74) is 0.685. The van der Waals surface area contributed by atoms with Crippen molar-refractivity contribution < 1.29 is 14.9 Å². The third-order valence-corrected chi connectivity index (χ3v) is 2.18. The second kappa shape index (κ2) is 5.23. The van der Waals surface area contributed by atoms with Gasteiger partial charge in [-0.3, -0.25) is 0 Å². The number of rotatable bonds is 4. The normalized spacial score (nSPS) is 11.8. The minimum atomic E-state index is -0.396. The predicted octanol–water partition coefficient (Wildman–Crippen LogP) is 1.39. The van der Waals surface area contributed by atoms with Crippen molar-refractivity contribution in [2.75, 3.05) is 13.7 Å². The number of phenols is 1. The van der Waals surface area contributed by atoms with E-state index in [1.165, 1.54) is 13.2 Å². The first kappa shape index (κ1) is 11.3. The Morgan fingerprint density at radius 3 is 2.73 bits per heavy atom. The Balaban J connectivity index is 2.96. The smallest absolute Gasteiger partial charge is 0.160 e. The largest absolute Gasteiger partial charge is 0.504 e. The van der Waals surface area contributed by atoms with Crippen LogP contribution in [0.2, 0.25) is 0 Å². The van der Waals surface area contributed by atoms with Crippen LogP contribution in [-0.2, 0) is 0 Å². The molecule has 0 aliphatic rings. The highest BCUT2D eigenvalue weighted by Gasteiger charge is 2.12. The Bertz CT molecular complexity index is 371. The van der Waals surface area contributed by atoms with Crippen LogP contribution in [0.1, 0.15) is 17.9 Å². The predicted molar refractivity (Wildman–Crippen MR) is 54.7 cm³/mol. The molecule has 80 valence electrons. The molecule has 0 saturated carbocycles. The lowest BCUT2D eigenvalue weighted by atomic mass is 9.97. The van der Waals surface area contributed by atoms with Crippen LogP contribution in [0, 0.1) is 11.3 Å². The number of nitrogens with zero attached hydrogens (tertiary/aromatic N) is 1. The molecule has 4 heteroatoms. The Labute approximate surface area is 88.4 Å². The highest BCUT2D eigenvalue weighted by Crippen LogP contribution is 2.30. The van der Waals surface area contributed by atoms with E-state index in [9.17, 15) is 5.11 Å². The second-order valence-electron chi connectivity index (χ2n) is 3.13. The van der Waals surface area contributed by atoms with E-state index < -0.39 is 5.92 Å². The quantitative estimate of drug-likeness (QED) is 0.782. The van der Waals surface area contributed by atoms with Gasteiger partial charge in [-0.2, -0.15) is 5.26 Å². The molecule has 15 heavy (non-hydrogen) atoms. The molecule has 0 aliphatic carbocycles. The SMILES string of the molecule is COc1ccc(C(C#N)CCO)cc1O. The van der Waals surface area contributed by atoms with Gasteiger partial charge >= 0.3 is 0 Å². The molecule has 1 aromatic carbocycles. The van der Waals surface area contributed by atoms with E-state index >= 15 is 0 Å². The van der Waals surface area contributed by atoms with E-state index in [0.29, 0.717) is 17.7 Å². The van der Waals surface area contributed by atoms with Gasteiger partial charge < -0.3 is 14.9 Å². The van der Waals surface area contributed by atoms with Gasteiger partial charge in [0.25, 0.3) is 0 Å². The fourth-order valence-electron chi connectivity index (χ4n) is 1.36. The summed E-state index contributed by atoms with van der Waals surface area (Å²) in [4.78, 5) is 0. The summed E-state index contributed by atoms with van der Waals surface area (Å²) in [6.07, 6.45) is 0.363. The Morgan fingerprint density at radius 2 is 2.27 bits per heavy atom. The van der Waals surface area contributed by atoms with Gasteiger partial charge in [0.2, 0.25) is 0 Å². The van der Waals surface area contributed by atoms with Gasteiger partial charge in [-0.15, -0.1) is 0 Å². The van der Waals surface area contributed by atoms with Crippen LogP contribution < -0.4 is 4.74 Å². The number of methoxy groups -OCH3 is 1. The van der Waals surface area contributed by atoms with Gasteiger partial charge in [0.15, 0.2) is 11.5 Å². The second-order valence-corrected chi connectivity index (χ2v) is 3.13. The van der Waals surface area contributed by atoms with Gasteiger partial charge in [0.1, 0.15) is 0 Å². The van der Waals surface area contributed by atoms with Gasteiger partial charge in [-0.05, 0) is 24.1 Å². The van der Waals surface area contributed by atoms with E-state index in [2.05, 4.69) is 6.07 Å². The summed E-state index contributed by atoms with van der Waals surface area (Å²) >= 11 is 0. The van der Waals surface area contributed by atoms with Crippen LogP contribution >= 0.6 is 0 Å². The zero-order chi connectivity index (χ0) is 11.3. The molecule has 1 aromatic rings. The fourth-order valence-corrected chi connectivity index (χ4v) is 1.36. The molecule has 0 amide bonds. The Morgan fingerprint density at radius 1 is 1.53 bits per heavy atom. The number of hydrogen-bond donors (Lipinski definition) is 2. The lowest BCUT2D eigenvalue weighted by molar-refractivity contribution is 0.283. The maximum atomic E-state index is 9.51. The van der Waals surface area contributed by atoms with E-state index in [1.54, 1.807) is 12.1 Å². The number of hydrogen-bond acceptors (Lipinski definition) is 4. The van der Waals surface area contributed by atoms with Gasteiger partial charge in [-0.1, -0.05) is 6.07 Å². The number of ether oxygens (including phenoxy) is 1. The Hall–Kier alpha value is -1.73. The molecule has 0 bridgehead atoms. The molecule has 1 unspecified atom stereocenters. The van der Waals surface area contributed by atoms with Gasteiger partial charge in [0.05, 0.1) is 19.1 Å². The van der Waals surface area contributed by atoms with Crippen molar-refractivity contribution in [1.82, 2.24) is 0 Å². The van der Waals surface area contributed by atoms with Crippen LogP contribution in [0.15, 0.2) is 18.2 Å². The van der Waals surface area contributed by atoms with Crippen molar-refractivity contribution in [1.29, 1.82) is 5.26 Å². The zero-order valence-corrected chi connectivity index (χ0v) is 8.47. The summed E-state index contributed by atoms with van der Waals surface area (Å²) in [5.74, 6) is -0.0144. The molecule has 0 fully saturated rings.